The molecule has 9 N–H and O–H groups in total. The summed E-state index contributed by atoms with van der Waals surface area (Å²) in [6, 6.07) is -2.22. The molecule has 0 saturated heterocycles. The molecule has 49 heavy (non-hydrogen) atoms. The number of amides is 3. The summed E-state index contributed by atoms with van der Waals surface area (Å²) in [5.41, 5.74) is 11.6. The highest BCUT2D eigenvalue weighted by molar-refractivity contribution is 5.84. The number of aliphatic carboxylic acids is 2. The SMILES string of the molecule is CC(=O)[C@@H](N)CCCCNC(=O)[C@@H](N)CCCCNC(=O)CC[C@H](NC(=O)CCCCCCCCCCCCCCCCC(=O)O)C(=O)O. The lowest BCUT2D eigenvalue weighted by molar-refractivity contribution is -0.142. The molecule has 0 fully saturated rings. The Kier molecular flexibility index (Phi) is 29.0. The molecule has 13 heteroatoms. The van der Waals surface area contributed by atoms with E-state index in [1.165, 1.54) is 51.9 Å². The summed E-state index contributed by atoms with van der Waals surface area (Å²) in [5.74, 6) is -2.77. The Hall–Kier alpha value is -3.06. The highest BCUT2D eigenvalue weighted by Gasteiger charge is 2.21. The predicted octanol–water partition coefficient (Wildman–Crippen LogP) is 4.48. The van der Waals surface area contributed by atoms with Gasteiger partial charge in [-0.25, -0.2) is 4.79 Å². The van der Waals surface area contributed by atoms with Crippen LogP contribution >= 0.6 is 0 Å². The summed E-state index contributed by atoms with van der Waals surface area (Å²) in [7, 11) is 0. The van der Waals surface area contributed by atoms with E-state index >= 15 is 0 Å². The average molecular weight is 698 g/mol. The summed E-state index contributed by atoms with van der Waals surface area (Å²) in [5, 5.41) is 26.2. The average Bonchev–Trinajstić information content (AvgIpc) is 3.05. The van der Waals surface area contributed by atoms with Crippen LogP contribution in [0.15, 0.2) is 0 Å². The molecule has 0 rings (SSSR count). The van der Waals surface area contributed by atoms with Crippen LogP contribution in [0.4, 0.5) is 0 Å². The van der Waals surface area contributed by atoms with Crippen molar-refractivity contribution in [1.29, 1.82) is 0 Å². The van der Waals surface area contributed by atoms with Gasteiger partial charge in [-0.1, -0.05) is 77.0 Å². The third-order valence-corrected chi connectivity index (χ3v) is 8.70. The molecule has 0 heterocycles. The third kappa shape index (κ3) is 29.6. The molecule has 13 nitrogen and oxygen atoms in total. The predicted molar refractivity (Wildman–Crippen MR) is 191 cm³/mol. The second kappa shape index (κ2) is 31.0. The summed E-state index contributed by atoms with van der Waals surface area (Å²) in [6.07, 6.45) is 19.5. The lowest BCUT2D eigenvalue weighted by atomic mass is 10.0. The van der Waals surface area contributed by atoms with E-state index in [1.807, 2.05) is 0 Å². The van der Waals surface area contributed by atoms with Crippen LogP contribution in [-0.2, 0) is 28.8 Å². The molecule has 0 aliphatic carbocycles. The van der Waals surface area contributed by atoms with Crippen LogP contribution in [0, 0.1) is 0 Å². The Morgan fingerprint density at radius 2 is 0.959 bits per heavy atom. The topological polar surface area (TPSA) is 231 Å². The van der Waals surface area contributed by atoms with Crippen LogP contribution in [0.3, 0.4) is 0 Å². The molecule has 3 amide bonds. The first-order chi connectivity index (χ1) is 23.4. The van der Waals surface area contributed by atoms with Gasteiger partial charge in [-0.05, 0) is 64.7 Å². The highest BCUT2D eigenvalue weighted by Crippen LogP contribution is 2.14. The molecule has 0 aliphatic rings. The molecule has 0 bridgehead atoms. The normalized spacial score (nSPS) is 12.9. The fourth-order valence-corrected chi connectivity index (χ4v) is 5.45. The van der Waals surface area contributed by atoms with E-state index in [0.717, 1.165) is 44.9 Å². The van der Waals surface area contributed by atoms with Crippen molar-refractivity contribution in [2.24, 2.45) is 11.5 Å². The van der Waals surface area contributed by atoms with Gasteiger partial charge in [-0.15, -0.1) is 0 Å². The Labute approximate surface area is 293 Å². The van der Waals surface area contributed by atoms with Crippen molar-refractivity contribution in [2.45, 2.75) is 179 Å². The maximum absolute atomic E-state index is 12.3. The number of nitrogens with one attached hydrogen (secondary N) is 3. The fraction of sp³-hybridized carbons (Fsp3) is 0.833. The van der Waals surface area contributed by atoms with Gasteiger partial charge in [0.15, 0.2) is 0 Å². The first-order valence-corrected chi connectivity index (χ1v) is 18.7. The Balaban J connectivity index is 3.81. The molecule has 284 valence electrons. The first-order valence-electron chi connectivity index (χ1n) is 18.7. The number of carbonyl (C=O) groups excluding carboxylic acids is 4. The number of nitrogens with two attached hydrogens (primary N) is 2. The van der Waals surface area contributed by atoms with Crippen LogP contribution in [0.5, 0.6) is 0 Å². The number of Topliss-reactive ketones (excluding diaryl/α,β-unsaturated/α-hetero) is 1. The second-order valence-electron chi connectivity index (χ2n) is 13.3. The summed E-state index contributed by atoms with van der Waals surface area (Å²) >= 11 is 0. The molecular weight excluding hydrogens is 630 g/mol. The molecule has 0 radical (unpaired) electrons. The standard InChI is InChI=1S/C36H67N5O8/c1-28(42)29(37)20-16-19-27-40-35(47)30(38)21-17-18-26-39-32(43)25-24-31(36(48)49)41-33(44)22-14-12-10-8-6-4-2-3-5-7-9-11-13-15-23-34(45)46/h29-31H,2-27,37-38H2,1H3,(H,39,43)(H,40,47)(H,41,44)(H,45,46)(H,48,49)/t29-,30-,31-/m0/s1. The zero-order valence-corrected chi connectivity index (χ0v) is 30.1. The van der Waals surface area contributed by atoms with Gasteiger partial charge in [0, 0.05) is 32.4 Å². The lowest BCUT2D eigenvalue weighted by Gasteiger charge is -2.15. The summed E-state index contributed by atoms with van der Waals surface area (Å²) < 4.78 is 0. The molecule has 0 saturated carbocycles. The smallest absolute Gasteiger partial charge is 0.326 e. The Bertz CT molecular complexity index is 948. The number of hydrogen-bond donors (Lipinski definition) is 7. The van der Waals surface area contributed by atoms with Gasteiger partial charge in [0.1, 0.15) is 11.8 Å². The minimum absolute atomic E-state index is 0.00539. The van der Waals surface area contributed by atoms with Crippen molar-refractivity contribution in [1.82, 2.24) is 16.0 Å². The second-order valence-corrected chi connectivity index (χ2v) is 13.3. The fourth-order valence-electron chi connectivity index (χ4n) is 5.45. The molecule has 0 spiro atoms. The van der Waals surface area contributed by atoms with Crippen LogP contribution in [0.1, 0.15) is 161 Å². The zero-order valence-electron chi connectivity index (χ0n) is 30.1. The monoisotopic (exact) mass is 697 g/mol. The molecule has 0 aliphatic heterocycles. The van der Waals surface area contributed by atoms with Crippen LogP contribution in [0.25, 0.3) is 0 Å². The van der Waals surface area contributed by atoms with Crippen molar-refractivity contribution < 1.29 is 39.0 Å². The number of carboxylic acid groups (broad SMARTS) is 2. The molecule has 0 unspecified atom stereocenters. The number of ketones is 1. The number of carboxylic acids is 2. The van der Waals surface area contributed by atoms with Gasteiger partial charge in [-0.2, -0.15) is 0 Å². The molecule has 3 atom stereocenters. The zero-order chi connectivity index (χ0) is 36.7. The van der Waals surface area contributed by atoms with Gasteiger partial charge >= 0.3 is 11.9 Å². The number of hydrogen-bond acceptors (Lipinski definition) is 8. The summed E-state index contributed by atoms with van der Waals surface area (Å²) in [4.78, 5) is 69.9. The van der Waals surface area contributed by atoms with Crippen molar-refractivity contribution >= 4 is 35.4 Å². The number of rotatable bonds is 34. The minimum Gasteiger partial charge on any atom is -0.481 e. The molecule has 0 aromatic carbocycles. The third-order valence-electron chi connectivity index (χ3n) is 8.70. The van der Waals surface area contributed by atoms with Crippen LogP contribution in [0.2, 0.25) is 0 Å². The van der Waals surface area contributed by atoms with Crippen LogP contribution in [-0.4, -0.2) is 76.9 Å². The van der Waals surface area contributed by atoms with E-state index in [9.17, 15) is 33.9 Å². The van der Waals surface area contributed by atoms with E-state index in [2.05, 4.69) is 16.0 Å². The van der Waals surface area contributed by atoms with Crippen LogP contribution < -0.4 is 27.4 Å². The lowest BCUT2D eigenvalue weighted by Crippen LogP contribution is -2.41. The van der Waals surface area contributed by atoms with E-state index in [1.54, 1.807) is 0 Å². The van der Waals surface area contributed by atoms with Crippen molar-refractivity contribution in [2.75, 3.05) is 13.1 Å². The number of unbranched alkanes of at least 4 members (excludes halogenated alkanes) is 15. The minimum atomic E-state index is -1.16. The van der Waals surface area contributed by atoms with Gasteiger partial charge in [0.05, 0.1) is 12.1 Å². The molecular formula is C36H67N5O8. The quantitative estimate of drug-likeness (QED) is 0.0466. The van der Waals surface area contributed by atoms with E-state index in [-0.39, 0.29) is 49.2 Å². The van der Waals surface area contributed by atoms with Crippen molar-refractivity contribution in [3.63, 3.8) is 0 Å². The van der Waals surface area contributed by atoms with Crippen molar-refractivity contribution in [3.8, 4) is 0 Å². The van der Waals surface area contributed by atoms with Gasteiger partial charge < -0.3 is 37.6 Å². The first kappa shape index (κ1) is 45.9. The Morgan fingerprint density at radius 1 is 0.510 bits per heavy atom. The summed E-state index contributed by atoms with van der Waals surface area (Å²) in [6.45, 7) is 2.31. The Morgan fingerprint density at radius 3 is 1.43 bits per heavy atom. The van der Waals surface area contributed by atoms with E-state index in [0.29, 0.717) is 51.6 Å². The van der Waals surface area contributed by atoms with Crippen molar-refractivity contribution in [3.05, 3.63) is 0 Å². The largest absolute Gasteiger partial charge is 0.481 e. The molecule has 0 aromatic rings. The van der Waals surface area contributed by atoms with E-state index < -0.39 is 30.1 Å². The molecule has 0 aromatic heterocycles. The maximum Gasteiger partial charge on any atom is 0.326 e. The van der Waals surface area contributed by atoms with Gasteiger partial charge in [0.2, 0.25) is 17.7 Å². The highest BCUT2D eigenvalue weighted by atomic mass is 16.4. The van der Waals surface area contributed by atoms with Gasteiger partial charge in [0.25, 0.3) is 0 Å². The van der Waals surface area contributed by atoms with Gasteiger partial charge in [-0.3, -0.25) is 24.0 Å². The maximum atomic E-state index is 12.3. The number of carbonyl (C=O) groups is 6. The van der Waals surface area contributed by atoms with E-state index in [4.69, 9.17) is 16.6 Å².